The van der Waals surface area contributed by atoms with Gasteiger partial charge >= 0.3 is 12.1 Å². The molecule has 0 fully saturated rings. The molecule has 0 unspecified atom stereocenters. The average Bonchev–Trinajstić information content (AvgIpc) is 2.94. The Balaban J connectivity index is 2.04. The maximum atomic E-state index is 12.4. The van der Waals surface area contributed by atoms with Crippen molar-refractivity contribution in [3.63, 3.8) is 0 Å². The fourth-order valence-corrected chi connectivity index (χ4v) is 2.82. The van der Waals surface area contributed by atoms with Gasteiger partial charge in [0.15, 0.2) is 0 Å². The van der Waals surface area contributed by atoms with Crippen molar-refractivity contribution in [3.8, 4) is 11.4 Å². The molecule has 1 aromatic heterocycles. The van der Waals surface area contributed by atoms with Gasteiger partial charge in [-0.2, -0.15) is 36.0 Å². The SMILES string of the molecule is CC(C)NS(=O)(=O)NCc1ccc(-c2noc(C(F)(F)F)n2)cc1. The van der Waals surface area contributed by atoms with Gasteiger partial charge in [-0.15, -0.1) is 0 Å². The van der Waals surface area contributed by atoms with E-state index in [1.54, 1.807) is 26.0 Å². The Morgan fingerprint density at radius 1 is 1.21 bits per heavy atom. The molecular formula is C13H15F3N4O3S. The summed E-state index contributed by atoms with van der Waals surface area (Å²) in [4.78, 5) is 3.28. The Morgan fingerprint density at radius 2 is 1.83 bits per heavy atom. The van der Waals surface area contributed by atoms with Gasteiger partial charge in [-0.05, 0) is 19.4 Å². The van der Waals surface area contributed by atoms with E-state index < -0.39 is 22.3 Å². The molecule has 2 aromatic rings. The van der Waals surface area contributed by atoms with Crippen LogP contribution in [0.25, 0.3) is 11.4 Å². The van der Waals surface area contributed by atoms with E-state index in [-0.39, 0.29) is 18.4 Å². The lowest BCUT2D eigenvalue weighted by molar-refractivity contribution is -0.159. The molecular weight excluding hydrogens is 349 g/mol. The fraction of sp³-hybridized carbons (Fsp3) is 0.385. The summed E-state index contributed by atoms with van der Waals surface area (Å²) in [5, 5.41) is 3.27. The first-order valence-corrected chi connectivity index (χ1v) is 8.32. The molecule has 0 aliphatic carbocycles. The lowest BCUT2D eigenvalue weighted by Gasteiger charge is -2.10. The molecule has 0 radical (unpaired) electrons. The summed E-state index contributed by atoms with van der Waals surface area (Å²) in [5.41, 5.74) is 0.939. The molecule has 0 aliphatic heterocycles. The Labute approximate surface area is 136 Å². The van der Waals surface area contributed by atoms with Gasteiger partial charge in [-0.3, -0.25) is 0 Å². The van der Waals surface area contributed by atoms with Crippen molar-refractivity contribution in [1.29, 1.82) is 0 Å². The molecule has 132 valence electrons. The smallest absolute Gasteiger partial charge is 0.329 e. The summed E-state index contributed by atoms with van der Waals surface area (Å²) < 4.78 is 69.4. The first kappa shape index (κ1) is 18.4. The fourth-order valence-electron chi connectivity index (χ4n) is 1.76. The van der Waals surface area contributed by atoms with Gasteiger partial charge in [0.05, 0.1) is 0 Å². The normalized spacial score (nSPS) is 12.8. The van der Waals surface area contributed by atoms with E-state index in [1.807, 2.05) is 0 Å². The van der Waals surface area contributed by atoms with E-state index in [1.165, 1.54) is 12.1 Å². The molecule has 11 heteroatoms. The van der Waals surface area contributed by atoms with Gasteiger partial charge < -0.3 is 4.52 Å². The molecule has 2 N–H and O–H groups in total. The lowest BCUT2D eigenvalue weighted by atomic mass is 10.1. The number of rotatable bonds is 6. The quantitative estimate of drug-likeness (QED) is 0.818. The van der Waals surface area contributed by atoms with E-state index >= 15 is 0 Å². The Bertz CT molecular complexity index is 786. The topological polar surface area (TPSA) is 97.1 Å². The number of hydrogen-bond acceptors (Lipinski definition) is 5. The predicted molar refractivity (Wildman–Crippen MR) is 78.8 cm³/mol. The van der Waals surface area contributed by atoms with Crippen LogP contribution in [-0.2, 0) is 22.9 Å². The van der Waals surface area contributed by atoms with Gasteiger partial charge in [0.25, 0.3) is 10.2 Å². The van der Waals surface area contributed by atoms with Gasteiger partial charge in [0, 0.05) is 18.2 Å². The van der Waals surface area contributed by atoms with Crippen LogP contribution in [0.3, 0.4) is 0 Å². The van der Waals surface area contributed by atoms with E-state index in [0.717, 1.165) is 0 Å². The zero-order valence-corrected chi connectivity index (χ0v) is 13.6. The Hall–Kier alpha value is -1.98. The van der Waals surface area contributed by atoms with Crippen LogP contribution in [0, 0.1) is 0 Å². The summed E-state index contributed by atoms with van der Waals surface area (Å²) in [6.45, 7) is 3.41. The molecule has 7 nitrogen and oxygen atoms in total. The van der Waals surface area contributed by atoms with E-state index in [9.17, 15) is 21.6 Å². The van der Waals surface area contributed by atoms with Gasteiger partial charge in [0.1, 0.15) is 0 Å². The van der Waals surface area contributed by atoms with Crippen molar-refractivity contribution < 1.29 is 26.1 Å². The molecule has 0 saturated heterocycles. The molecule has 2 rings (SSSR count). The summed E-state index contributed by atoms with van der Waals surface area (Å²) in [5.74, 6) is -1.62. The van der Waals surface area contributed by atoms with Crippen LogP contribution in [0.4, 0.5) is 13.2 Å². The number of hydrogen-bond donors (Lipinski definition) is 2. The third-order valence-electron chi connectivity index (χ3n) is 2.74. The van der Waals surface area contributed by atoms with Crippen molar-refractivity contribution in [2.45, 2.75) is 32.6 Å². The Kier molecular flexibility index (Phi) is 5.26. The highest BCUT2D eigenvalue weighted by molar-refractivity contribution is 7.87. The minimum atomic E-state index is -4.70. The zero-order valence-electron chi connectivity index (χ0n) is 12.8. The maximum absolute atomic E-state index is 12.4. The third-order valence-corrected chi connectivity index (χ3v) is 4.04. The molecule has 0 amide bonds. The molecule has 0 aliphatic rings. The molecule has 1 aromatic carbocycles. The van der Waals surface area contributed by atoms with Crippen LogP contribution in [-0.4, -0.2) is 24.6 Å². The summed E-state index contributed by atoms with van der Waals surface area (Å²) >= 11 is 0. The molecule has 0 spiro atoms. The summed E-state index contributed by atoms with van der Waals surface area (Å²) in [6, 6.07) is 5.81. The van der Waals surface area contributed by atoms with E-state index in [0.29, 0.717) is 11.1 Å². The number of benzene rings is 1. The molecule has 0 bridgehead atoms. The van der Waals surface area contributed by atoms with Crippen LogP contribution in [0.2, 0.25) is 0 Å². The predicted octanol–water partition coefficient (Wildman–Crippen LogP) is 2.09. The van der Waals surface area contributed by atoms with Crippen LogP contribution in [0.15, 0.2) is 28.8 Å². The van der Waals surface area contributed by atoms with Crippen LogP contribution < -0.4 is 9.44 Å². The maximum Gasteiger partial charge on any atom is 0.471 e. The van der Waals surface area contributed by atoms with Crippen molar-refractivity contribution in [2.24, 2.45) is 0 Å². The summed E-state index contributed by atoms with van der Waals surface area (Å²) in [6.07, 6.45) is -4.70. The number of alkyl halides is 3. The number of nitrogens with zero attached hydrogens (tertiary/aromatic N) is 2. The summed E-state index contributed by atoms with van der Waals surface area (Å²) in [7, 11) is -3.62. The Morgan fingerprint density at radius 3 is 2.33 bits per heavy atom. The van der Waals surface area contributed by atoms with Crippen LogP contribution in [0.1, 0.15) is 25.3 Å². The first-order chi connectivity index (χ1) is 11.1. The minimum Gasteiger partial charge on any atom is -0.329 e. The second kappa shape index (κ2) is 6.87. The first-order valence-electron chi connectivity index (χ1n) is 6.84. The highest BCUT2D eigenvalue weighted by Gasteiger charge is 2.38. The highest BCUT2D eigenvalue weighted by Crippen LogP contribution is 2.29. The average molecular weight is 364 g/mol. The van der Waals surface area contributed by atoms with Crippen molar-refractivity contribution in [1.82, 2.24) is 19.6 Å². The van der Waals surface area contributed by atoms with E-state index in [4.69, 9.17) is 0 Å². The molecule has 0 saturated carbocycles. The van der Waals surface area contributed by atoms with Gasteiger partial charge in [-0.25, -0.2) is 0 Å². The molecule has 1 heterocycles. The van der Waals surface area contributed by atoms with Crippen LogP contribution >= 0.6 is 0 Å². The van der Waals surface area contributed by atoms with E-state index in [2.05, 4.69) is 24.1 Å². The lowest BCUT2D eigenvalue weighted by Crippen LogP contribution is -2.39. The minimum absolute atomic E-state index is 0.0301. The standard InChI is InChI=1S/C13H15F3N4O3S/c1-8(2)20-24(21,22)17-7-9-3-5-10(6-4-9)11-18-12(23-19-11)13(14,15)16/h3-6,8,17,20H,7H2,1-2H3. The second-order valence-corrected chi connectivity index (χ2v) is 6.75. The van der Waals surface area contributed by atoms with Gasteiger partial charge in [0.2, 0.25) is 5.82 Å². The second-order valence-electron chi connectivity index (χ2n) is 5.21. The third kappa shape index (κ3) is 5.01. The van der Waals surface area contributed by atoms with Gasteiger partial charge in [-0.1, -0.05) is 29.4 Å². The monoisotopic (exact) mass is 364 g/mol. The van der Waals surface area contributed by atoms with Crippen molar-refractivity contribution >= 4 is 10.2 Å². The van der Waals surface area contributed by atoms with Crippen molar-refractivity contribution in [3.05, 3.63) is 35.7 Å². The molecule has 24 heavy (non-hydrogen) atoms. The highest BCUT2D eigenvalue weighted by atomic mass is 32.2. The van der Waals surface area contributed by atoms with Crippen molar-refractivity contribution in [2.75, 3.05) is 0 Å². The number of aromatic nitrogens is 2. The molecule has 0 atom stereocenters. The zero-order chi connectivity index (χ0) is 18.0. The number of halogens is 3. The number of nitrogens with one attached hydrogen (secondary N) is 2. The largest absolute Gasteiger partial charge is 0.471 e. The van der Waals surface area contributed by atoms with Crippen LogP contribution in [0.5, 0.6) is 0 Å².